The van der Waals surface area contributed by atoms with Gasteiger partial charge in [-0.05, 0) is 36.5 Å². The molecule has 3 aromatic rings. The lowest BCUT2D eigenvalue weighted by atomic mass is 10.2. The van der Waals surface area contributed by atoms with Crippen molar-refractivity contribution in [3.8, 4) is 5.82 Å². The number of nitrogens with zero attached hydrogens (tertiary/aromatic N) is 7. The Labute approximate surface area is 162 Å². The van der Waals surface area contributed by atoms with Crippen LogP contribution in [0.25, 0.3) is 5.82 Å². The number of carbonyl (C=O) groups excluding carboxylic acids is 1. The van der Waals surface area contributed by atoms with Crippen molar-refractivity contribution in [1.82, 2.24) is 35.6 Å². The van der Waals surface area contributed by atoms with Crippen LogP contribution in [-0.4, -0.2) is 56.4 Å². The van der Waals surface area contributed by atoms with Gasteiger partial charge >= 0.3 is 0 Å². The zero-order valence-electron chi connectivity index (χ0n) is 14.8. The largest absolute Gasteiger partial charge is 0.378 e. The van der Waals surface area contributed by atoms with Gasteiger partial charge in [0.05, 0.1) is 16.9 Å². The molecule has 146 valence electrons. The summed E-state index contributed by atoms with van der Waals surface area (Å²) in [6.45, 7) is 0.283. The molecule has 0 aliphatic carbocycles. The van der Waals surface area contributed by atoms with Crippen LogP contribution >= 0.6 is 11.6 Å². The molecule has 0 atom stereocenters. The van der Waals surface area contributed by atoms with Crippen LogP contribution in [0.1, 0.15) is 21.7 Å². The Balaban J connectivity index is 1.86. The van der Waals surface area contributed by atoms with E-state index in [2.05, 4.69) is 35.8 Å². The minimum Gasteiger partial charge on any atom is -0.378 e. The maximum Gasteiger partial charge on any atom is 0.293 e. The first-order valence-corrected chi connectivity index (χ1v) is 8.21. The fourth-order valence-corrected chi connectivity index (χ4v) is 2.48. The van der Waals surface area contributed by atoms with Crippen LogP contribution in [0.15, 0.2) is 27.9 Å². The molecule has 11 nitrogen and oxygen atoms in total. The van der Waals surface area contributed by atoms with Crippen LogP contribution in [0.2, 0.25) is 5.02 Å². The Morgan fingerprint density at radius 1 is 1.46 bits per heavy atom. The monoisotopic (exact) mass is 407 g/mol. The first kappa shape index (κ1) is 19.4. The summed E-state index contributed by atoms with van der Waals surface area (Å²) in [7, 11) is 3.59. The lowest BCUT2D eigenvalue weighted by Crippen LogP contribution is -2.23. The van der Waals surface area contributed by atoms with Crippen LogP contribution in [0.4, 0.5) is 10.2 Å². The van der Waals surface area contributed by atoms with Gasteiger partial charge in [0.25, 0.3) is 5.91 Å². The van der Waals surface area contributed by atoms with Crippen molar-refractivity contribution < 1.29 is 13.8 Å². The third kappa shape index (κ3) is 3.97. The molecule has 0 aliphatic rings. The number of benzene rings is 1. The Hall–Kier alpha value is -3.38. The number of nitrogen functional groups attached to an aromatic ring is 1. The third-order valence-corrected chi connectivity index (χ3v) is 3.83. The molecule has 3 N–H and O–H groups in total. The van der Waals surface area contributed by atoms with E-state index in [1.165, 1.54) is 22.9 Å². The van der Waals surface area contributed by atoms with Gasteiger partial charge in [0.2, 0.25) is 11.6 Å². The average molecular weight is 408 g/mol. The minimum absolute atomic E-state index is 0.0101. The summed E-state index contributed by atoms with van der Waals surface area (Å²) in [5, 5.41) is 18.8. The van der Waals surface area contributed by atoms with Gasteiger partial charge in [0.15, 0.2) is 5.69 Å². The zero-order chi connectivity index (χ0) is 20.3. The molecule has 0 aliphatic heterocycles. The number of nitrogens with two attached hydrogens (primary N) is 1. The summed E-state index contributed by atoms with van der Waals surface area (Å²) < 4.78 is 19.6. The molecule has 0 bridgehead atoms. The number of amides is 1. The molecule has 1 aromatic carbocycles. The summed E-state index contributed by atoms with van der Waals surface area (Å²) >= 11 is 5.91. The van der Waals surface area contributed by atoms with Gasteiger partial charge in [-0.3, -0.25) is 4.79 Å². The van der Waals surface area contributed by atoms with Gasteiger partial charge in [-0.15, -0.1) is 5.10 Å². The predicted octanol–water partition coefficient (Wildman–Crippen LogP) is 0.851. The van der Waals surface area contributed by atoms with E-state index in [1.54, 1.807) is 19.0 Å². The normalized spacial score (nSPS) is 11.5. The molecule has 0 unspecified atom stereocenters. The number of hydrogen-bond donors (Lipinski definition) is 2. The highest BCUT2D eigenvalue weighted by molar-refractivity contribution is 6.33. The topological polar surface area (TPSA) is 140 Å². The van der Waals surface area contributed by atoms with Crippen molar-refractivity contribution in [2.75, 3.05) is 19.8 Å². The van der Waals surface area contributed by atoms with Gasteiger partial charge in [0.1, 0.15) is 5.82 Å². The van der Waals surface area contributed by atoms with Gasteiger partial charge in [0, 0.05) is 12.1 Å². The van der Waals surface area contributed by atoms with Gasteiger partial charge in [-0.25, -0.2) is 14.4 Å². The van der Waals surface area contributed by atoms with E-state index in [-0.39, 0.29) is 34.5 Å². The van der Waals surface area contributed by atoms with Crippen molar-refractivity contribution in [3.05, 3.63) is 46.0 Å². The number of hydrazone groups is 1. The molecule has 2 aromatic heterocycles. The third-order valence-electron chi connectivity index (χ3n) is 3.50. The van der Waals surface area contributed by atoms with Gasteiger partial charge < -0.3 is 10.6 Å². The molecule has 0 saturated heterocycles. The Morgan fingerprint density at radius 2 is 2.25 bits per heavy atom. The molecule has 0 spiro atoms. The lowest BCUT2D eigenvalue weighted by Gasteiger charge is -2.11. The summed E-state index contributed by atoms with van der Waals surface area (Å²) in [6, 6.07) is 4.20. The second kappa shape index (κ2) is 8.10. The Bertz CT molecular complexity index is 1010. The van der Waals surface area contributed by atoms with E-state index < -0.39 is 11.7 Å². The Morgan fingerprint density at radius 3 is 2.89 bits per heavy atom. The summed E-state index contributed by atoms with van der Waals surface area (Å²) in [5.41, 5.74) is 8.36. The molecule has 1 amide bonds. The highest BCUT2D eigenvalue weighted by atomic mass is 35.5. The number of carbonyl (C=O) groups is 1. The lowest BCUT2D eigenvalue weighted by molar-refractivity contribution is 0.0948. The highest BCUT2D eigenvalue weighted by Crippen LogP contribution is 2.18. The standard InChI is InChI=1S/C15H15ClFN9O2/c1-25(2)7-11-12(20-24-26(11)14-13(18)22-28-23-14)15(27)21-19-6-8-9(16)4-3-5-10(8)17/h3-6H,7H2,1-2H3,(H2,18,22)(H,21,27)/b19-6+. The quantitative estimate of drug-likeness (QED) is 0.452. The Kier molecular flexibility index (Phi) is 5.61. The number of hydrogen-bond acceptors (Lipinski definition) is 9. The molecule has 0 fully saturated rings. The van der Waals surface area contributed by atoms with Crippen molar-refractivity contribution >= 4 is 29.5 Å². The number of halogens is 2. The van der Waals surface area contributed by atoms with Crippen LogP contribution in [0.3, 0.4) is 0 Å². The minimum atomic E-state index is -0.665. The van der Waals surface area contributed by atoms with Gasteiger partial charge in [-0.1, -0.05) is 22.9 Å². The summed E-state index contributed by atoms with van der Waals surface area (Å²) in [5.74, 6) is -1.14. The fraction of sp³-hybridized carbons (Fsp3) is 0.200. The molecule has 2 heterocycles. The number of rotatable bonds is 6. The zero-order valence-corrected chi connectivity index (χ0v) is 15.6. The molecule has 0 radical (unpaired) electrons. The first-order valence-electron chi connectivity index (χ1n) is 7.83. The maximum absolute atomic E-state index is 13.8. The maximum atomic E-state index is 13.8. The molecular weight excluding hydrogens is 393 g/mol. The van der Waals surface area contributed by atoms with Crippen LogP contribution in [0, 0.1) is 5.82 Å². The molecule has 3 rings (SSSR count). The average Bonchev–Trinajstić information content (AvgIpc) is 3.22. The van der Waals surface area contributed by atoms with E-state index in [4.69, 9.17) is 17.3 Å². The van der Waals surface area contributed by atoms with Gasteiger partial charge in [-0.2, -0.15) is 9.78 Å². The summed E-state index contributed by atoms with van der Waals surface area (Å²) in [4.78, 5) is 14.3. The van der Waals surface area contributed by atoms with Crippen molar-refractivity contribution in [2.24, 2.45) is 5.10 Å². The predicted molar refractivity (Wildman–Crippen MR) is 97.5 cm³/mol. The van der Waals surface area contributed by atoms with E-state index in [9.17, 15) is 9.18 Å². The molecule has 13 heteroatoms. The van der Waals surface area contributed by atoms with Crippen LogP contribution in [-0.2, 0) is 6.54 Å². The fourth-order valence-electron chi connectivity index (χ4n) is 2.27. The highest BCUT2D eigenvalue weighted by Gasteiger charge is 2.24. The van der Waals surface area contributed by atoms with Crippen molar-refractivity contribution in [2.45, 2.75) is 6.54 Å². The SMILES string of the molecule is CN(C)Cc1c(C(=O)N/N=C/c2c(F)cccc2Cl)nnn1-c1nonc1N. The van der Waals surface area contributed by atoms with E-state index in [0.29, 0.717) is 5.69 Å². The van der Waals surface area contributed by atoms with Crippen LogP contribution in [0.5, 0.6) is 0 Å². The number of aromatic nitrogens is 5. The smallest absolute Gasteiger partial charge is 0.293 e. The van der Waals surface area contributed by atoms with E-state index in [0.717, 1.165) is 6.21 Å². The second-order valence-electron chi connectivity index (χ2n) is 5.84. The van der Waals surface area contributed by atoms with E-state index in [1.807, 2.05) is 0 Å². The van der Waals surface area contributed by atoms with Crippen LogP contribution < -0.4 is 11.2 Å². The molecule has 0 saturated carbocycles. The molecule has 28 heavy (non-hydrogen) atoms. The second-order valence-corrected chi connectivity index (χ2v) is 6.25. The summed E-state index contributed by atoms with van der Waals surface area (Å²) in [6.07, 6.45) is 1.10. The van der Waals surface area contributed by atoms with Crippen molar-refractivity contribution in [3.63, 3.8) is 0 Å². The number of anilines is 1. The molecular formula is C15H15ClFN9O2. The first-order chi connectivity index (χ1) is 13.4. The van der Waals surface area contributed by atoms with Crippen molar-refractivity contribution in [1.29, 1.82) is 0 Å². The number of nitrogens with one attached hydrogen (secondary N) is 1. The van der Waals surface area contributed by atoms with E-state index >= 15 is 0 Å².